The number of benzene rings is 1. The largest absolute Gasteiger partial charge is 0.370 e. The molecule has 5 heteroatoms. The van der Waals surface area contributed by atoms with Crippen LogP contribution in [0.25, 0.3) is 0 Å². The Labute approximate surface area is 138 Å². The first kappa shape index (κ1) is 17.1. The molecule has 0 fully saturated rings. The number of guanidine groups is 1. The molecule has 0 unspecified atom stereocenters. The minimum absolute atomic E-state index is 0.466. The lowest BCUT2D eigenvalue weighted by molar-refractivity contribution is 0.728. The summed E-state index contributed by atoms with van der Waals surface area (Å²) in [5.41, 5.74) is 13.1. The third-order valence-electron chi connectivity index (χ3n) is 4.31. The van der Waals surface area contributed by atoms with Crippen LogP contribution in [0, 0.1) is 27.7 Å². The van der Waals surface area contributed by atoms with Gasteiger partial charge in [-0.15, -0.1) is 0 Å². The summed E-state index contributed by atoms with van der Waals surface area (Å²) in [5.74, 6) is 0.466. The summed E-state index contributed by atoms with van der Waals surface area (Å²) < 4.78 is 1.93. The highest BCUT2D eigenvalue weighted by Gasteiger charge is 2.08. The van der Waals surface area contributed by atoms with Gasteiger partial charge in [0.1, 0.15) is 0 Å². The van der Waals surface area contributed by atoms with Crippen molar-refractivity contribution < 1.29 is 0 Å². The zero-order valence-corrected chi connectivity index (χ0v) is 14.8. The van der Waals surface area contributed by atoms with Gasteiger partial charge < -0.3 is 11.1 Å². The molecule has 1 heterocycles. The van der Waals surface area contributed by atoms with Crippen molar-refractivity contribution in [3.63, 3.8) is 0 Å². The van der Waals surface area contributed by atoms with E-state index in [0.29, 0.717) is 12.5 Å². The zero-order chi connectivity index (χ0) is 17.0. The molecule has 0 bridgehead atoms. The molecule has 0 amide bonds. The van der Waals surface area contributed by atoms with Gasteiger partial charge in [-0.25, -0.2) is 0 Å². The number of anilines is 1. The van der Waals surface area contributed by atoms with Gasteiger partial charge in [-0.2, -0.15) is 5.10 Å². The molecular weight excluding hydrogens is 286 g/mol. The van der Waals surface area contributed by atoms with Crippen molar-refractivity contribution >= 4 is 11.6 Å². The lowest BCUT2D eigenvalue weighted by Gasteiger charge is -2.08. The Bertz CT molecular complexity index is 712. The average molecular weight is 313 g/mol. The number of hydrogen-bond donors (Lipinski definition) is 2. The van der Waals surface area contributed by atoms with E-state index in [0.717, 1.165) is 24.2 Å². The molecule has 5 nitrogen and oxygen atoms in total. The smallest absolute Gasteiger partial charge is 0.193 e. The maximum absolute atomic E-state index is 5.96. The number of nitrogens with one attached hydrogen (secondary N) is 1. The first-order valence-corrected chi connectivity index (χ1v) is 8.01. The van der Waals surface area contributed by atoms with E-state index in [2.05, 4.69) is 55.2 Å². The Morgan fingerprint density at radius 1 is 1.22 bits per heavy atom. The average Bonchev–Trinajstić information content (AvgIpc) is 2.73. The number of aryl methyl sites for hydroxylation is 4. The van der Waals surface area contributed by atoms with Crippen LogP contribution in [0.15, 0.2) is 23.2 Å². The van der Waals surface area contributed by atoms with Crippen LogP contribution in [0.5, 0.6) is 0 Å². The molecule has 2 rings (SSSR count). The minimum Gasteiger partial charge on any atom is -0.370 e. The summed E-state index contributed by atoms with van der Waals surface area (Å²) in [5, 5.41) is 7.59. The van der Waals surface area contributed by atoms with Crippen molar-refractivity contribution in [1.29, 1.82) is 0 Å². The Balaban J connectivity index is 1.86. The minimum atomic E-state index is 0.466. The van der Waals surface area contributed by atoms with Crippen LogP contribution in [-0.2, 0) is 13.5 Å². The van der Waals surface area contributed by atoms with Gasteiger partial charge in [-0.1, -0.05) is 6.07 Å². The van der Waals surface area contributed by atoms with Gasteiger partial charge in [0.2, 0.25) is 0 Å². The SMILES string of the molecule is Cc1ccc(NC(N)=NCCCc2c(C)nn(C)c2C)cc1C. The quantitative estimate of drug-likeness (QED) is 0.506. The van der Waals surface area contributed by atoms with Crippen LogP contribution in [0.2, 0.25) is 0 Å². The Hall–Kier alpha value is -2.30. The maximum Gasteiger partial charge on any atom is 0.193 e. The van der Waals surface area contributed by atoms with E-state index in [9.17, 15) is 0 Å². The summed E-state index contributed by atoms with van der Waals surface area (Å²) in [6.07, 6.45) is 1.94. The molecule has 0 saturated heterocycles. The molecule has 124 valence electrons. The van der Waals surface area contributed by atoms with Crippen molar-refractivity contribution in [3.05, 3.63) is 46.3 Å². The maximum atomic E-state index is 5.96. The van der Waals surface area contributed by atoms with Crippen molar-refractivity contribution in [2.24, 2.45) is 17.8 Å². The van der Waals surface area contributed by atoms with Gasteiger partial charge >= 0.3 is 0 Å². The molecule has 3 N–H and O–H groups in total. The van der Waals surface area contributed by atoms with Gasteiger partial charge in [0.05, 0.1) is 5.69 Å². The van der Waals surface area contributed by atoms with E-state index in [1.807, 2.05) is 17.8 Å². The van der Waals surface area contributed by atoms with E-state index in [1.54, 1.807) is 0 Å². The lowest BCUT2D eigenvalue weighted by atomic mass is 10.1. The summed E-state index contributed by atoms with van der Waals surface area (Å²) in [6, 6.07) is 6.19. The van der Waals surface area contributed by atoms with Crippen molar-refractivity contribution in [1.82, 2.24) is 9.78 Å². The van der Waals surface area contributed by atoms with Crippen molar-refractivity contribution in [2.75, 3.05) is 11.9 Å². The van der Waals surface area contributed by atoms with Gasteiger partial charge in [0, 0.05) is 25.0 Å². The Kier molecular flexibility index (Phi) is 5.42. The van der Waals surface area contributed by atoms with Gasteiger partial charge in [-0.05, 0) is 69.4 Å². The van der Waals surface area contributed by atoms with E-state index in [4.69, 9.17) is 5.73 Å². The number of hydrogen-bond acceptors (Lipinski definition) is 2. The molecule has 0 spiro atoms. The fourth-order valence-corrected chi connectivity index (χ4v) is 2.64. The molecule has 1 aromatic carbocycles. The fourth-order valence-electron chi connectivity index (χ4n) is 2.64. The second-order valence-electron chi connectivity index (χ2n) is 6.07. The van der Waals surface area contributed by atoms with Crippen LogP contribution in [0.4, 0.5) is 5.69 Å². The topological polar surface area (TPSA) is 68.2 Å². The highest BCUT2D eigenvalue weighted by Crippen LogP contribution is 2.15. The van der Waals surface area contributed by atoms with E-state index >= 15 is 0 Å². The normalized spacial score (nSPS) is 11.8. The van der Waals surface area contributed by atoms with E-state index in [1.165, 1.54) is 22.4 Å². The third kappa shape index (κ3) is 4.34. The third-order valence-corrected chi connectivity index (χ3v) is 4.31. The first-order chi connectivity index (χ1) is 10.9. The van der Waals surface area contributed by atoms with Crippen LogP contribution >= 0.6 is 0 Å². The van der Waals surface area contributed by atoms with Crippen LogP contribution in [0.3, 0.4) is 0 Å². The van der Waals surface area contributed by atoms with Gasteiger partial charge in [0.15, 0.2) is 5.96 Å². The number of nitrogens with two attached hydrogens (primary N) is 1. The highest BCUT2D eigenvalue weighted by atomic mass is 15.3. The van der Waals surface area contributed by atoms with E-state index < -0.39 is 0 Å². The number of rotatable bonds is 5. The lowest BCUT2D eigenvalue weighted by Crippen LogP contribution is -2.23. The second-order valence-corrected chi connectivity index (χ2v) is 6.07. The molecule has 2 aromatic rings. The summed E-state index contributed by atoms with van der Waals surface area (Å²) in [6.45, 7) is 9.05. The predicted molar refractivity (Wildman–Crippen MR) is 97.0 cm³/mol. The molecule has 0 aliphatic heterocycles. The molecule has 23 heavy (non-hydrogen) atoms. The molecular formula is C18H27N5. The first-order valence-electron chi connectivity index (χ1n) is 8.01. The Morgan fingerprint density at radius 3 is 2.57 bits per heavy atom. The van der Waals surface area contributed by atoms with Gasteiger partial charge in [0.25, 0.3) is 0 Å². The monoisotopic (exact) mass is 313 g/mol. The Morgan fingerprint density at radius 2 is 1.96 bits per heavy atom. The summed E-state index contributed by atoms with van der Waals surface area (Å²) in [4.78, 5) is 4.41. The zero-order valence-electron chi connectivity index (χ0n) is 14.8. The fraction of sp³-hybridized carbons (Fsp3) is 0.444. The standard InChI is InChI=1S/C18H27N5/c1-12-8-9-16(11-13(12)2)21-18(19)20-10-6-7-17-14(3)22-23(5)15(17)4/h8-9,11H,6-7,10H2,1-5H3,(H3,19,20,21). The van der Waals surface area contributed by atoms with Crippen LogP contribution < -0.4 is 11.1 Å². The van der Waals surface area contributed by atoms with Crippen LogP contribution in [0.1, 0.15) is 34.5 Å². The number of aromatic nitrogens is 2. The molecule has 1 aromatic heterocycles. The molecule has 0 aliphatic rings. The van der Waals surface area contributed by atoms with Crippen molar-refractivity contribution in [2.45, 2.75) is 40.5 Å². The van der Waals surface area contributed by atoms with E-state index in [-0.39, 0.29) is 0 Å². The van der Waals surface area contributed by atoms with Crippen molar-refractivity contribution in [3.8, 4) is 0 Å². The summed E-state index contributed by atoms with van der Waals surface area (Å²) in [7, 11) is 1.98. The number of nitrogens with zero attached hydrogens (tertiary/aromatic N) is 3. The molecule has 0 atom stereocenters. The second kappa shape index (κ2) is 7.31. The molecule has 0 radical (unpaired) electrons. The predicted octanol–water partition coefficient (Wildman–Crippen LogP) is 3.01. The highest BCUT2D eigenvalue weighted by molar-refractivity contribution is 5.92. The van der Waals surface area contributed by atoms with Gasteiger partial charge in [-0.3, -0.25) is 9.67 Å². The number of aliphatic imine (C=N–C) groups is 1. The summed E-state index contributed by atoms with van der Waals surface area (Å²) >= 11 is 0. The van der Waals surface area contributed by atoms with Crippen LogP contribution in [-0.4, -0.2) is 22.3 Å². The molecule has 0 aliphatic carbocycles. The molecule has 0 saturated carbocycles.